The maximum atomic E-state index is 5.58. The van der Waals surface area contributed by atoms with Crippen molar-refractivity contribution in [2.45, 2.75) is 20.3 Å². The number of rotatable bonds is 7. The lowest BCUT2D eigenvalue weighted by atomic mass is 10.1. The van der Waals surface area contributed by atoms with Gasteiger partial charge in [-0.1, -0.05) is 43.9 Å². The van der Waals surface area contributed by atoms with E-state index in [1.807, 2.05) is 31.2 Å². The van der Waals surface area contributed by atoms with Crippen molar-refractivity contribution < 1.29 is 4.74 Å². The second kappa shape index (κ2) is 8.98. The molecule has 0 aliphatic heterocycles. The summed E-state index contributed by atoms with van der Waals surface area (Å²) in [6.45, 7) is 8.47. The summed E-state index contributed by atoms with van der Waals surface area (Å²) < 4.78 is 5.07. The Hall–Kier alpha value is -1.28. The molecular formula is C14H23NO. The van der Waals surface area contributed by atoms with Gasteiger partial charge in [0.2, 0.25) is 0 Å². The Balaban J connectivity index is 4.15. The van der Waals surface area contributed by atoms with Crippen molar-refractivity contribution in [2.75, 3.05) is 13.7 Å². The second-order valence-corrected chi connectivity index (χ2v) is 3.68. The van der Waals surface area contributed by atoms with E-state index in [1.165, 1.54) is 0 Å². The van der Waals surface area contributed by atoms with Crippen LogP contribution in [0, 0.1) is 5.92 Å². The molecule has 0 radical (unpaired) electrons. The predicted octanol–water partition coefficient (Wildman–Crippen LogP) is 3.19. The predicted molar refractivity (Wildman–Crippen MR) is 71.0 cm³/mol. The minimum Gasteiger partial charge on any atom is -0.501 e. The van der Waals surface area contributed by atoms with E-state index in [-0.39, 0.29) is 0 Å². The van der Waals surface area contributed by atoms with Crippen LogP contribution in [0.4, 0.5) is 0 Å². The van der Waals surface area contributed by atoms with Crippen LogP contribution in [0.3, 0.4) is 0 Å². The van der Waals surface area contributed by atoms with Crippen molar-refractivity contribution in [1.29, 1.82) is 0 Å². The zero-order valence-electron chi connectivity index (χ0n) is 10.6. The van der Waals surface area contributed by atoms with Crippen LogP contribution in [0.2, 0.25) is 0 Å². The first-order valence-electron chi connectivity index (χ1n) is 5.56. The van der Waals surface area contributed by atoms with Gasteiger partial charge >= 0.3 is 0 Å². The van der Waals surface area contributed by atoms with E-state index in [0.29, 0.717) is 12.5 Å². The molecule has 2 heteroatoms. The van der Waals surface area contributed by atoms with Crippen LogP contribution >= 0.6 is 0 Å². The number of nitrogens with two attached hydrogens (primary N) is 1. The molecule has 0 aromatic carbocycles. The first kappa shape index (κ1) is 14.7. The molecular weight excluding hydrogens is 198 g/mol. The molecule has 0 heterocycles. The van der Waals surface area contributed by atoms with Crippen LogP contribution in [-0.2, 0) is 4.74 Å². The minimum absolute atomic E-state index is 0.345. The Kier molecular flexibility index (Phi) is 8.26. The Morgan fingerprint density at radius 1 is 1.50 bits per heavy atom. The quantitative estimate of drug-likeness (QED) is 0.529. The van der Waals surface area contributed by atoms with E-state index < -0.39 is 0 Å². The van der Waals surface area contributed by atoms with Crippen molar-refractivity contribution >= 4 is 0 Å². The third kappa shape index (κ3) is 6.25. The van der Waals surface area contributed by atoms with Gasteiger partial charge < -0.3 is 10.5 Å². The molecule has 0 aromatic rings. The number of allylic oxidation sites excluding steroid dienone is 5. The summed E-state index contributed by atoms with van der Waals surface area (Å²) in [5.41, 5.74) is 6.71. The fourth-order valence-corrected chi connectivity index (χ4v) is 1.21. The zero-order valence-corrected chi connectivity index (χ0v) is 10.6. The molecule has 16 heavy (non-hydrogen) atoms. The van der Waals surface area contributed by atoms with Gasteiger partial charge in [-0.3, -0.25) is 0 Å². The number of methoxy groups -OCH3 is 1. The van der Waals surface area contributed by atoms with E-state index in [0.717, 1.165) is 17.8 Å². The molecule has 1 atom stereocenters. The standard InChI is InChI=1S/C14H23NO/c1-5-8-14(11-15)10-7-6-9-12(2)13(3)16-4/h5-8,10,12H,3,9,11,15H2,1-2,4H3/b7-6+,8-5-,14-10+. The molecule has 0 bridgehead atoms. The zero-order chi connectivity index (χ0) is 12.4. The first-order chi connectivity index (χ1) is 7.65. The van der Waals surface area contributed by atoms with Crippen molar-refractivity contribution in [3.63, 3.8) is 0 Å². The number of ether oxygens (including phenoxy) is 1. The maximum Gasteiger partial charge on any atom is 0.0915 e. The molecule has 0 saturated heterocycles. The highest BCUT2D eigenvalue weighted by Gasteiger charge is 2.02. The number of hydrogen-bond donors (Lipinski definition) is 1. The molecule has 0 saturated carbocycles. The van der Waals surface area contributed by atoms with Gasteiger partial charge in [0.05, 0.1) is 12.9 Å². The summed E-state index contributed by atoms with van der Waals surface area (Å²) in [5, 5.41) is 0. The van der Waals surface area contributed by atoms with Crippen molar-refractivity contribution in [1.82, 2.24) is 0 Å². The molecule has 0 rings (SSSR count). The molecule has 2 nitrogen and oxygen atoms in total. The third-order valence-corrected chi connectivity index (χ3v) is 2.36. The summed E-state index contributed by atoms with van der Waals surface area (Å²) in [4.78, 5) is 0. The summed E-state index contributed by atoms with van der Waals surface area (Å²) in [7, 11) is 1.65. The number of hydrogen-bond acceptors (Lipinski definition) is 2. The maximum absolute atomic E-state index is 5.58. The van der Waals surface area contributed by atoms with Gasteiger partial charge in [-0.25, -0.2) is 0 Å². The van der Waals surface area contributed by atoms with E-state index in [4.69, 9.17) is 10.5 Å². The summed E-state index contributed by atoms with van der Waals surface area (Å²) >= 11 is 0. The van der Waals surface area contributed by atoms with Crippen molar-refractivity contribution in [3.8, 4) is 0 Å². The molecule has 2 N–H and O–H groups in total. The fraction of sp³-hybridized carbons (Fsp3) is 0.429. The molecule has 0 fully saturated rings. The highest BCUT2D eigenvalue weighted by atomic mass is 16.5. The monoisotopic (exact) mass is 221 g/mol. The molecule has 90 valence electrons. The average Bonchev–Trinajstić information content (AvgIpc) is 2.31. The molecule has 0 aromatic heterocycles. The van der Waals surface area contributed by atoms with Gasteiger partial charge in [0, 0.05) is 12.5 Å². The Morgan fingerprint density at radius 2 is 2.19 bits per heavy atom. The third-order valence-electron chi connectivity index (χ3n) is 2.36. The van der Waals surface area contributed by atoms with Gasteiger partial charge in [-0.05, 0) is 18.9 Å². The van der Waals surface area contributed by atoms with Crippen LogP contribution in [0.1, 0.15) is 20.3 Å². The average molecular weight is 221 g/mol. The Bertz CT molecular complexity index is 287. The van der Waals surface area contributed by atoms with E-state index >= 15 is 0 Å². The van der Waals surface area contributed by atoms with Gasteiger partial charge in [0.1, 0.15) is 0 Å². The van der Waals surface area contributed by atoms with Crippen molar-refractivity contribution in [2.24, 2.45) is 11.7 Å². The smallest absolute Gasteiger partial charge is 0.0915 e. The van der Waals surface area contributed by atoms with Gasteiger partial charge in [-0.2, -0.15) is 0 Å². The lowest BCUT2D eigenvalue weighted by Gasteiger charge is -2.10. The normalized spacial score (nSPS) is 14.6. The van der Waals surface area contributed by atoms with E-state index in [9.17, 15) is 0 Å². The topological polar surface area (TPSA) is 35.2 Å². The molecule has 0 aliphatic rings. The summed E-state index contributed by atoms with van der Waals surface area (Å²) in [6.07, 6.45) is 11.1. The van der Waals surface area contributed by atoms with Crippen LogP contribution in [0.15, 0.2) is 48.3 Å². The van der Waals surface area contributed by atoms with Gasteiger partial charge in [0.15, 0.2) is 0 Å². The fourth-order valence-electron chi connectivity index (χ4n) is 1.21. The summed E-state index contributed by atoms with van der Waals surface area (Å²) in [5.74, 6) is 1.17. The molecule has 1 unspecified atom stereocenters. The highest BCUT2D eigenvalue weighted by molar-refractivity contribution is 5.24. The van der Waals surface area contributed by atoms with Gasteiger partial charge in [0.25, 0.3) is 0 Å². The van der Waals surface area contributed by atoms with Crippen molar-refractivity contribution in [3.05, 3.63) is 48.3 Å². The molecule has 0 amide bonds. The minimum atomic E-state index is 0.345. The highest BCUT2D eigenvalue weighted by Crippen LogP contribution is 2.13. The van der Waals surface area contributed by atoms with Crippen LogP contribution < -0.4 is 5.73 Å². The van der Waals surface area contributed by atoms with E-state index in [1.54, 1.807) is 7.11 Å². The summed E-state index contributed by atoms with van der Waals surface area (Å²) in [6, 6.07) is 0. The van der Waals surface area contributed by atoms with Gasteiger partial charge in [-0.15, -0.1) is 0 Å². The van der Waals surface area contributed by atoms with Crippen LogP contribution in [-0.4, -0.2) is 13.7 Å². The van der Waals surface area contributed by atoms with E-state index in [2.05, 4.69) is 19.6 Å². The van der Waals surface area contributed by atoms with Crippen LogP contribution in [0.5, 0.6) is 0 Å². The molecule has 0 spiro atoms. The molecule has 0 aliphatic carbocycles. The Labute approximate surface area is 99.2 Å². The lowest BCUT2D eigenvalue weighted by Crippen LogP contribution is -2.00. The van der Waals surface area contributed by atoms with Crippen LogP contribution in [0.25, 0.3) is 0 Å². The first-order valence-corrected chi connectivity index (χ1v) is 5.56. The Morgan fingerprint density at radius 3 is 2.69 bits per heavy atom. The largest absolute Gasteiger partial charge is 0.501 e. The lowest BCUT2D eigenvalue weighted by molar-refractivity contribution is 0.250. The second-order valence-electron chi connectivity index (χ2n) is 3.68. The SMILES string of the molecule is C=C(OC)C(C)C/C=C/C=C(\C=C/C)CN.